The summed E-state index contributed by atoms with van der Waals surface area (Å²) in [5, 5.41) is 0. The maximum absolute atomic E-state index is 12.5. The Bertz CT molecular complexity index is 472. The zero-order chi connectivity index (χ0) is 15.2. The molecule has 21 heavy (non-hydrogen) atoms. The van der Waals surface area contributed by atoms with Crippen LogP contribution in [0.15, 0.2) is 24.3 Å². The van der Waals surface area contributed by atoms with Crippen LogP contribution in [-0.2, 0) is 11.2 Å². The summed E-state index contributed by atoms with van der Waals surface area (Å²) in [6, 6.07) is 8.65. The quantitative estimate of drug-likeness (QED) is 0.905. The van der Waals surface area contributed by atoms with Crippen LogP contribution in [0.1, 0.15) is 43.2 Å². The molecule has 0 bridgehead atoms. The van der Waals surface area contributed by atoms with Crippen LogP contribution in [0, 0.1) is 12.8 Å². The minimum absolute atomic E-state index is 0.253. The lowest BCUT2D eigenvalue weighted by Crippen LogP contribution is -2.46. The molecule has 0 radical (unpaired) electrons. The summed E-state index contributed by atoms with van der Waals surface area (Å²) in [4.78, 5) is 14.4. The van der Waals surface area contributed by atoms with Crippen LogP contribution in [0.3, 0.4) is 0 Å². The van der Waals surface area contributed by atoms with Crippen molar-refractivity contribution in [1.29, 1.82) is 0 Å². The van der Waals surface area contributed by atoms with Crippen molar-refractivity contribution in [2.45, 2.75) is 51.5 Å². The van der Waals surface area contributed by atoms with Gasteiger partial charge in [0.1, 0.15) is 0 Å². The highest BCUT2D eigenvalue weighted by atomic mass is 16.2. The Morgan fingerprint density at radius 1 is 1.29 bits per heavy atom. The number of rotatable bonds is 5. The van der Waals surface area contributed by atoms with Gasteiger partial charge in [0.25, 0.3) is 0 Å². The predicted octanol–water partition coefficient (Wildman–Crippen LogP) is 2.90. The average Bonchev–Trinajstić information content (AvgIpc) is 2.53. The Balaban J connectivity index is 1.91. The van der Waals surface area contributed by atoms with Gasteiger partial charge in [-0.05, 0) is 49.8 Å². The molecule has 0 aliphatic heterocycles. The van der Waals surface area contributed by atoms with Crippen molar-refractivity contribution < 1.29 is 4.79 Å². The van der Waals surface area contributed by atoms with E-state index >= 15 is 0 Å². The highest BCUT2D eigenvalue weighted by Crippen LogP contribution is 2.27. The van der Waals surface area contributed by atoms with Gasteiger partial charge in [-0.2, -0.15) is 0 Å². The van der Waals surface area contributed by atoms with E-state index in [9.17, 15) is 4.79 Å². The first-order valence-electron chi connectivity index (χ1n) is 8.13. The number of hydrogen-bond donors (Lipinski definition) is 1. The number of nitrogens with zero attached hydrogens (tertiary/aromatic N) is 1. The molecule has 1 aliphatic rings. The van der Waals surface area contributed by atoms with Gasteiger partial charge in [-0.3, -0.25) is 4.79 Å². The van der Waals surface area contributed by atoms with Gasteiger partial charge in [-0.1, -0.05) is 37.1 Å². The zero-order valence-corrected chi connectivity index (χ0v) is 13.3. The summed E-state index contributed by atoms with van der Waals surface area (Å²) in [7, 11) is 1.96. The first-order chi connectivity index (χ1) is 10.1. The van der Waals surface area contributed by atoms with Gasteiger partial charge >= 0.3 is 0 Å². The average molecular weight is 288 g/mol. The summed E-state index contributed by atoms with van der Waals surface area (Å²) in [6.45, 7) is 2.80. The lowest BCUT2D eigenvalue weighted by Gasteiger charge is -2.37. The van der Waals surface area contributed by atoms with Gasteiger partial charge < -0.3 is 10.6 Å². The Hall–Kier alpha value is -1.35. The Morgan fingerprint density at radius 3 is 2.71 bits per heavy atom. The van der Waals surface area contributed by atoms with E-state index < -0.39 is 0 Å². The van der Waals surface area contributed by atoms with Gasteiger partial charge in [0.2, 0.25) is 5.91 Å². The van der Waals surface area contributed by atoms with Crippen LogP contribution < -0.4 is 5.73 Å². The molecule has 2 N–H and O–H groups in total. The van der Waals surface area contributed by atoms with Crippen LogP contribution in [0.5, 0.6) is 0 Å². The van der Waals surface area contributed by atoms with Crippen LogP contribution >= 0.6 is 0 Å². The molecule has 1 aliphatic carbocycles. The number of benzene rings is 1. The number of amides is 1. The standard InChI is InChI=1S/C18H28N2O/c1-14-7-3-4-8-15(14)11-12-18(21)20(2)17-10-6-5-9-16(17)13-19/h3-4,7-8,16-17H,5-6,9-13,19H2,1-2H3. The maximum atomic E-state index is 12.5. The molecule has 3 heteroatoms. The molecule has 0 spiro atoms. The second-order valence-corrected chi connectivity index (χ2v) is 6.28. The van der Waals surface area contributed by atoms with Crippen molar-refractivity contribution >= 4 is 5.91 Å². The van der Waals surface area contributed by atoms with E-state index in [0.29, 0.717) is 24.9 Å². The van der Waals surface area contributed by atoms with Crippen molar-refractivity contribution in [3.63, 3.8) is 0 Å². The molecule has 1 amide bonds. The highest BCUT2D eigenvalue weighted by Gasteiger charge is 2.29. The minimum Gasteiger partial charge on any atom is -0.342 e. The summed E-state index contributed by atoms with van der Waals surface area (Å²) >= 11 is 0. The molecule has 2 rings (SSSR count). The molecule has 0 aromatic heterocycles. The van der Waals surface area contributed by atoms with Gasteiger partial charge in [-0.25, -0.2) is 0 Å². The zero-order valence-electron chi connectivity index (χ0n) is 13.3. The fraction of sp³-hybridized carbons (Fsp3) is 0.611. The third kappa shape index (κ3) is 4.07. The van der Waals surface area contributed by atoms with E-state index in [4.69, 9.17) is 5.73 Å². The highest BCUT2D eigenvalue weighted by molar-refractivity contribution is 5.76. The van der Waals surface area contributed by atoms with Crippen molar-refractivity contribution in [1.82, 2.24) is 4.90 Å². The Morgan fingerprint density at radius 2 is 2.00 bits per heavy atom. The van der Waals surface area contributed by atoms with Gasteiger partial charge in [0, 0.05) is 19.5 Å². The topological polar surface area (TPSA) is 46.3 Å². The predicted molar refractivity (Wildman–Crippen MR) is 87.1 cm³/mol. The molecular formula is C18H28N2O. The van der Waals surface area contributed by atoms with E-state index in [1.807, 2.05) is 24.1 Å². The van der Waals surface area contributed by atoms with Crippen molar-refractivity contribution in [2.24, 2.45) is 11.7 Å². The minimum atomic E-state index is 0.253. The smallest absolute Gasteiger partial charge is 0.222 e. The summed E-state index contributed by atoms with van der Waals surface area (Å²) < 4.78 is 0. The van der Waals surface area contributed by atoms with E-state index in [0.717, 1.165) is 19.3 Å². The van der Waals surface area contributed by atoms with E-state index in [1.54, 1.807) is 0 Å². The monoisotopic (exact) mass is 288 g/mol. The fourth-order valence-electron chi connectivity index (χ4n) is 3.47. The molecule has 0 saturated heterocycles. The molecular weight excluding hydrogens is 260 g/mol. The molecule has 2 unspecified atom stereocenters. The molecule has 2 atom stereocenters. The van der Waals surface area contributed by atoms with Crippen LogP contribution in [0.25, 0.3) is 0 Å². The first-order valence-corrected chi connectivity index (χ1v) is 8.13. The lowest BCUT2D eigenvalue weighted by atomic mass is 9.83. The molecule has 0 heterocycles. The third-order valence-corrected chi connectivity index (χ3v) is 4.93. The number of aryl methyl sites for hydroxylation is 2. The molecule has 1 aromatic rings. The van der Waals surface area contributed by atoms with Crippen LogP contribution in [-0.4, -0.2) is 30.4 Å². The van der Waals surface area contributed by atoms with Gasteiger partial charge in [0.15, 0.2) is 0 Å². The number of hydrogen-bond acceptors (Lipinski definition) is 2. The van der Waals surface area contributed by atoms with Crippen LogP contribution in [0.2, 0.25) is 0 Å². The van der Waals surface area contributed by atoms with Crippen LogP contribution in [0.4, 0.5) is 0 Å². The van der Waals surface area contributed by atoms with Gasteiger partial charge in [-0.15, -0.1) is 0 Å². The summed E-state index contributed by atoms with van der Waals surface area (Å²) in [6.07, 6.45) is 6.16. The molecule has 116 valence electrons. The largest absolute Gasteiger partial charge is 0.342 e. The van der Waals surface area contributed by atoms with Gasteiger partial charge in [0.05, 0.1) is 0 Å². The molecule has 1 saturated carbocycles. The summed E-state index contributed by atoms with van der Waals surface area (Å²) in [5.74, 6) is 0.731. The van der Waals surface area contributed by atoms with Crippen molar-refractivity contribution in [3.8, 4) is 0 Å². The normalized spacial score (nSPS) is 22.0. The Kier molecular flexibility index (Phi) is 5.80. The number of nitrogens with two attached hydrogens (primary N) is 1. The van der Waals surface area contributed by atoms with E-state index in [1.165, 1.54) is 24.0 Å². The lowest BCUT2D eigenvalue weighted by molar-refractivity contribution is -0.133. The molecule has 1 aromatic carbocycles. The van der Waals surface area contributed by atoms with E-state index in [-0.39, 0.29) is 5.91 Å². The Labute approximate surface area is 128 Å². The second-order valence-electron chi connectivity index (χ2n) is 6.28. The summed E-state index contributed by atoms with van der Waals surface area (Å²) in [5.41, 5.74) is 8.42. The molecule has 1 fully saturated rings. The fourth-order valence-corrected chi connectivity index (χ4v) is 3.47. The molecule has 3 nitrogen and oxygen atoms in total. The van der Waals surface area contributed by atoms with Crippen molar-refractivity contribution in [3.05, 3.63) is 35.4 Å². The SMILES string of the molecule is Cc1ccccc1CCC(=O)N(C)C1CCCCC1CN. The van der Waals surface area contributed by atoms with E-state index in [2.05, 4.69) is 19.1 Å². The third-order valence-electron chi connectivity index (χ3n) is 4.93. The number of carbonyl (C=O) groups excluding carboxylic acids is 1. The first kappa shape index (κ1) is 16.0. The maximum Gasteiger partial charge on any atom is 0.222 e. The number of carbonyl (C=O) groups is 1. The second kappa shape index (κ2) is 7.60. The van der Waals surface area contributed by atoms with Crippen molar-refractivity contribution in [2.75, 3.05) is 13.6 Å².